The zero-order chi connectivity index (χ0) is 27.0. The third-order valence-corrected chi connectivity index (χ3v) is 5.38. The molecular weight excluding hydrogens is 512 g/mol. The van der Waals surface area contributed by atoms with E-state index in [-0.39, 0.29) is 11.3 Å². The molecule has 0 aromatic heterocycles. The Balaban J connectivity index is 1.91. The van der Waals surface area contributed by atoms with Gasteiger partial charge in [0.2, 0.25) is 29.0 Å². The zero-order valence-electron chi connectivity index (χ0n) is 18.9. The highest BCUT2D eigenvalue weighted by atomic mass is 19.2. The summed E-state index contributed by atoms with van der Waals surface area (Å²) in [5.74, 6) is -21.2. The van der Waals surface area contributed by atoms with Crippen LogP contribution in [0.1, 0.15) is 0 Å². The fourth-order valence-corrected chi connectivity index (χ4v) is 3.61. The van der Waals surface area contributed by atoms with Gasteiger partial charge in [-0.2, -0.15) is 17.6 Å². The first-order valence-electron chi connectivity index (χ1n) is 10.3. The predicted octanol–water partition coefficient (Wildman–Crippen LogP) is 7.94. The first-order valence-corrected chi connectivity index (χ1v) is 10.3. The van der Waals surface area contributed by atoms with Crippen LogP contribution in [0.5, 0.6) is 23.0 Å². The van der Waals surface area contributed by atoms with Crippen molar-refractivity contribution in [3.63, 3.8) is 0 Å². The first-order chi connectivity index (χ1) is 17.6. The van der Waals surface area contributed by atoms with Gasteiger partial charge in [-0.25, -0.2) is 17.6 Å². The highest BCUT2D eigenvalue weighted by Gasteiger charge is 2.35. The molecule has 0 spiro atoms. The van der Waals surface area contributed by atoms with Crippen LogP contribution in [0.4, 0.5) is 35.1 Å². The lowest BCUT2D eigenvalue weighted by atomic mass is 10.0. The van der Waals surface area contributed by atoms with Gasteiger partial charge in [-0.3, -0.25) is 0 Å². The summed E-state index contributed by atoms with van der Waals surface area (Å²) in [4.78, 5) is 0. The highest BCUT2D eigenvalue weighted by Crippen LogP contribution is 2.44. The summed E-state index contributed by atoms with van der Waals surface area (Å²) < 4.78 is 132. The van der Waals surface area contributed by atoms with Gasteiger partial charge in [0.1, 0.15) is 11.5 Å². The second-order valence-electron chi connectivity index (χ2n) is 7.45. The molecule has 0 atom stereocenters. The quantitative estimate of drug-likeness (QED) is 0.189. The lowest BCUT2D eigenvalue weighted by molar-refractivity contribution is 0.332. The van der Waals surface area contributed by atoms with Gasteiger partial charge in [-0.05, 0) is 23.8 Å². The molecule has 0 aliphatic carbocycles. The summed E-state index contributed by atoms with van der Waals surface area (Å²) in [5, 5.41) is 0. The fraction of sp³-hybridized carbons (Fsp3) is 0.0769. The van der Waals surface area contributed by atoms with Crippen molar-refractivity contribution in [1.82, 2.24) is 0 Å². The van der Waals surface area contributed by atoms with Crippen LogP contribution in [-0.4, -0.2) is 14.2 Å². The topological polar surface area (TPSA) is 27.7 Å². The van der Waals surface area contributed by atoms with Crippen molar-refractivity contribution in [3.05, 3.63) is 95.1 Å². The molecule has 0 fully saturated rings. The Morgan fingerprint density at radius 3 is 1.46 bits per heavy atom. The Bertz CT molecular complexity index is 1450. The lowest BCUT2D eigenvalue weighted by Crippen LogP contribution is -2.09. The van der Waals surface area contributed by atoms with E-state index < -0.39 is 69.2 Å². The summed E-state index contributed by atoms with van der Waals surface area (Å²) in [6.07, 6.45) is 0. The minimum Gasteiger partial charge on any atom is -0.497 e. The lowest BCUT2D eigenvalue weighted by Gasteiger charge is -2.17. The highest BCUT2D eigenvalue weighted by molar-refractivity contribution is 5.73. The van der Waals surface area contributed by atoms with Crippen molar-refractivity contribution in [2.75, 3.05) is 14.2 Å². The molecule has 0 unspecified atom stereocenters. The third kappa shape index (κ3) is 4.30. The minimum absolute atomic E-state index is 0.208. The number of halogens is 8. The monoisotopic (exact) mass is 526 g/mol. The van der Waals surface area contributed by atoms with Crippen LogP contribution in [0.25, 0.3) is 22.3 Å². The van der Waals surface area contributed by atoms with Gasteiger partial charge in [-0.15, -0.1) is 0 Å². The van der Waals surface area contributed by atoms with Crippen molar-refractivity contribution in [2.45, 2.75) is 0 Å². The van der Waals surface area contributed by atoms with E-state index in [0.29, 0.717) is 18.4 Å². The molecule has 11 heteroatoms. The molecule has 4 aromatic carbocycles. The maximum absolute atomic E-state index is 15.0. The van der Waals surface area contributed by atoms with Gasteiger partial charge in [-0.1, -0.05) is 30.3 Å². The van der Waals surface area contributed by atoms with Crippen LogP contribution < -0.4 is 14.2 Å². The maximum Gasteiger partial charge on any atom is 0.205 e. The molecule has 0 radical (unpaired) electrons. The van der Waals surface area contributed by atoms with Gasteiger partial charge >= 0.3 is 0 Å². The van der Waals surface area contributed by atoms with Crippen LogP contribution in [0, 0.1) is 46.5 Å². The van der Waals surface area contributed by atoms with E-state index in [2.05, 4.69) is 4.74 Å². The van der Waals surface area contributed by atoms with Gasteiger partial charge in [0.25, 0.3) is 0 Å². The van der Waals surface area contributed by atoms with Crippen LogP contribution in [0.3, 0.4) is 0 Å². The van der Waals surface area contributed by atoms with Crippen LogP contribution in [-0.2, 0) is 0 Å². The predicted molar refractivity (Wildman–Crippen MR) is 117 cm³/mol. The molecule has 0 heterocycles. The first kappa shape index (κ1) is 25.8. The average molecular weight is 526 g/mol. The molecule has 0 saturated heterocycles. The maximum atomic E-state index is 15.0. The van der Waals surface area contributed by atoms with E-state index in [0.717, 1.165) is 0 Å². The summed E-state index contributed by atoms with van der Waals surface area (Å²) in [5.41, 5.74) is -3.34. The average Bonchev–Trinajstić information content (AvgIpc) is 2.91. The SMILES string of the molecule is COc1ccc(Oc2c(F)c(F)c(-c3c(F)c(F)c(OC)c(F)c3F)c(F)c2F)c(-c2ccccc2)c1. The standard InChI is InChI=1S/C26H14F8O3/c1-35-12-8-9-14(13(10-12)11-6-4-3-5-7-11)37-26-23(33)19(29)16(20(30)24(26)34)15-17(27)21(31)25(36-2)22(32)18(15)28/h3-10H,1-2H3. The molecule has 0 bridgehead atoms. The Hall–Kier alpha value is -4.28. The summed E-state index contributed by atoms with van der Waals surface area (Å²) in [7, 11) is 2.03. The number of benzene rings is 4. The van der Waals surface area contributed by atoms with Gasteiger partial charge in [0.05, 0.1) is 25.3 Å². The largest absolute Gasteiger partial charge is 0.497 e. The zero-order valence-corrected chi connectivity index (χ0v) is 18.9. The molecule has 0 amide bonds. The van der Waals surface area contributed by atoms with E-state index in [9.17, 15) is 35.1 Å². The van der Waals surface area contributed by atoms with E-state index in [1.165, 1.54) is 25.3 Å². The molecule has 37 heavy (non-hydrogen) atoms. The second kappa shape index (κ2) is 10.00. The van der Waals surface area contributed by atoms with E-state index in [1.807, 2.05) is 0 Å². The minimum atomic E-state index is -2.36. The van der Waals surface area contributed by atoms with Crippen LogP contribution in [0.15, 0.2) is 48.5 Å². The van der Waals surface area contributed by atoms with Gasteiger partial charge in [0, 0.05) is 5.56 Å². The normalized spacial score (nSPS) is 11.0. The molecule has 0 aliphatic heterocycles. The number of methoxy groups -OCH3 is 2. The van der Waals surface area contributed by atoms with E-state index in [4.69, 9.17) is 9.47 Å². The summed E-state index contributed by atoms with van der Waals surface area (Å²) in [6, 6.07) is 12.2. The Labute approximate surface area is 204 Å². The van der Waals surface area contributed by atoms with Crippen molar-refractivity contribution in [1.29, 1.82) is 0 Å². The molecule has 3 nitrogen and oxygen atoms in total. The summed E-state index contributed by atoms with van der Waals surface area (Å²) in [6.45, 7) is 0. The molecule has 0 N–H and O–H groups in total. The van der Waals surface area contributed by atoms with Crippen molar-refractivity contribution >= 4 is 0 Å². The smallest absolute Gasteiger partial charge is 0.205 e. The van der Waals surface area contributed by atoms with E-state index in [1.54, 1.807) is 30.3 Å². The molecule has 0 saturated carbocycles. The van der Waals surface area contributed by atoms with Crippen molar-refractivity contribution in [2.24, 2.45) is 0 Å². The Morgan fingerprint density at radius 1 is 0.514 bits per heavy atom. The molecule has 192 valence electrons. The van der Waals surface area contributed by atoms with Gasteiger partial charge in [0.15, 0.2) is 29.0 Å². The van der Waals surface area contributed by atoms with Crippen LogP contribution in [0.2, 0.25) is 0 Å². The number of hydrogen-bond donors (Lipinski definition) is 0. The molecule has 0 aliphatic rings. The fourth-order valence-electron chi connectivity index (χ4n) is 3.61. The molecule has 4 aromatic rings. The Kier molecular flexibility index (Phi) is 6.97. The third-order valence-electron chi connectivity index (χ3n) is 5.38. The molecule has 4 rings (SSSR count). The second-order valence-corrected chi connectivity index (χ2v) is 7.45. The van der Waals surface area contributed by atoms with E-state index >= 15 is 0 Å². The van der Waals surface area contributed by atoms with Crippen molar-refractivity contribution < 1.29 is 49.3 Å². The number of rotatable bonds is 6. The molecular formula is C26H14F8O3. The van der Waals surface area contributed by atoms with Crippen molar-refractivity contribution in [3.8, 4) is 45.3 Å². The summed E-state index contributed by atoms with van der Waals surface area (Å²) >= 11 is 0. The van der Waals surface area contributed by atoms with Crippen LogP contribution >= 0.6 is 0 Å². The Morgan fingerprint density at radius 2 is 1.00 bits per heavy atom. The number of hydrogen-bond acceptors (Lipinski definition) is 3. The van der Waals surface area contributed by atoms with Gasteiger partial charge < -0.3 is 14.2 Å². The number of ether oxygens (including phenoxy) is 3.